The molecule has 1 aliphatic carbocycles. The first-order valence-electron chi connectivity index (χ1n) is 6.34. The minimum absolute atomic E-state index is 0. The number of carbonyl (C=O) groups is 1. The Bertz CT molecular complexity index is 387. The molecule has 1 aliphatic heterocycles. The zero-order valence-corrected chi connectivity index (χ0v) is 12.9. The lowest BCUT2D eigenvalue weighted by Gasteiger charge is -2.65. The van der Waals surface area contributed by atoms with Gasteiger partial charge in [-0.3, -0.25) is 4.79 Å². The first-order chi connectivity index (χ1) is 8.31. The second kappa shape index (κ2) is 5.60. The van der Waals surface area contributed by atoms with Crippen molar-refractivity contribution in [3.8, 4) is 0 Å². The molecule has 1 saturated heterocycles. The summed E-state index contributed by atoms with van der Waals surface area (Å²) in [5.41, 5.74) is 5.18. The highest BCUT2D eigenvalue weighted by molar-refractivity contribution is 6.29. The van der Waals surface area contributed by atoms with Crippen molar-refractivity contribution >= 4 is 29.9 Å². The molecule has 6 heteroatoms. The highest BCUT2D eigenvalue weighted by atomic mass is 35.5. The largest absolute Gasteiger partial charge is 0.377 e. The molecule has 3 unspecified atom stereocenters. The number of halogens is 2. The van der Waals surface area contributed by atoms with E-state index in [1.807, 2.05) is 13.8 Å². The van der Waals surface area contributed by atoms with Crippen LogP contribution < -0.4 is 11.1 Å². The molecular formula is C13H22Cl2N2O2. The standard InChI is InChI=1S/C13H21ClN2O2.ClH/c1-8(14)7-16-11(17)13(15)9-5-4-6-18-10(9)12(13,2)3;/h9-10H,1,4-7,15H2,2-3H3,(H,16,17);1H. The van der Waals surface area contributed by atoms with Crippen LogP contribution in [0.2, 0.25) is 0 Å². The molecule has 3 N–H and O–H groups in total. The number of nitrogens with two attached hydrogens (primary N) is 1. The van der Waals surface area contributed by atoms with Crippen LogP contribution in [0, 0.1) is 11.3 Å². The molecule has 0 aromatic rings. The second-order valence-electron chi connectivity index (χ2n) is 5.83. The molecule has 0 aromatic heterocycles. The smallest absolute Gasteiger partial charge is 0.241 e. The van der Waals surface area contributed by atoms with Crippen molar-refractivity contribution in [1.82, 2.24) is 5.32 Å². The van der Waals surface area contributed by atoms with Gasteiger partial charge in [-0.25, -0.2) is 0 Å². The van der Waals surface area contributed by atoms with Gasteiger partial charge in [-0.15, -0.1) is 12.4 Å². The molecule has 1 heterocycles. The van der Waals surface area contributed by atoms with Crippen molar-refractivity contribution in [3.63, 3.8) is 0 Å². The van der Waals surface area contributed by atoms with E-state index in [0.717, 1.165) is 19.4 Å². The molecule has 2 aliphatic rings. The predicted octanol–water partition coefficient (Wildman–Crippen LogP) is 1.81. The lowest BCUT2D eigenvalue weighted by Crippen LogP contribution is -2.82. The van der Waals surface area contributed by atoms with Crippen LogP contribution in [-0.4, -0.2) is 30.7 Å². The number of carbonyl (C=O) groups excluding carboxylic acids is 1. The summed E-state index contributed by atoms with van der Waals surface area (Å²) in [6.07, 6.45) is 1.99. The number of nitrogens with one attached hydrogen (secondary N) is 1. The normalized spacial score (nSPS) is 35.4. The Hall–Kier alpha value is -0.290. The summed E-state index contributed by atoms with van der Waals surface area (Å²) in [4.78, 5) is 12.3. The lowest BCUT2D eigenvalue weighted by molar-refractivity contribution is -0.225. The van der Waals surface area contributed by atoms with E-state index in [4.69, 9.17) is 22.1 Å². The maximum absolute atomic E-state index is 12.3. The molecule has 0 radical (unpaired) electrons. The van der Waals surface area contributed by atoms with Gasteiger partial charge in [0.05, 0.1) is 12.6 Å². The summed E-state index contributed by atoms with van der Waals surface area (Å²) in [6, 6.07) is 0. The van der Waals surface area contributed by atoms with Crippen molar-refractivity contribution in [1.29, 1.82) is 0 Å². The van der Waals surface area contributed by atoms with Gasteiger partial charge < -0.3 is 15.8 Å². The Balaban J connectivity index is 0.00000180. The van der Waals surface area contributed by atoms with Crippen LogP contribution in [0.15, 0.2) is 11.6 Å². The van der Waals surface area contributed by atoms with Crippen molar-refractivity contribution in [2.75, 3.05) is 13.2 Å². The Labute approximate surface area is 125 Å². The van der Waals surface area contributed by atoms with E-state index in [-0.39, 0.29) is 42.3 Å². The maximum Gasteiger partial charge on any atom is 0.241 e. The molecule has 1 amide bonds. The van der Waals surface area contributed by atoms with Gasteiger partial charge in [-0.1, -0.05) is 32.0 Å². The van der Waals surface area contributed by atoms with Gasteiger partial charge in [-0.05, 0) is 12.8 Å². The van der Waals surface area contributed by atoms with Crippen LogP contribution in [0.1, 0.15) is 26.7 Å². The van der Waals surface area contributed by atoms with Crippen molar-refractivity contribution in [2.24, 2.45) is 17.1 Å². The average molecular weight is 309 g/mol. The molecular weight excluding hydrogens is 287 g/mol. The quantitative estimate of drug-likeness (QED) is 0.836. The summed E-state index contributed by atoms with van der Waals surface area (Å²) < 4.78 is 5.76. The minimum atomic E-state index is -0.871. The number of fused-ring (bicyclic) bond motifs is 1. The summed E-state index contributed by atoms with van der Waals surface area (Å²) in [6.45, 7) is 8.57. The summed E-state index contributed by atoms with van der Waals surface area (Å²) in [7, 11) is 0. The van der Waals surface area contributed by atoms with E-state index >= 15 is 0 Å². The third kappa shape index (κ3) is 2.40. The zero-order valence-electron chi connectivity index (χ0n) is 11.4. The molecule has 3 atom stereocenters. The van der Waals surface area contributed by atoms with Gasteiger partial charge >= 0.3 is 0 Å². The molecule has 4 nitrogen and oxygen atoms in total. The van der Waals surface area contributed by atoms with E-state index in [0.29, 0.717) is 5.03 Å². The summed E-state index contributed by atoms with van der Waals surface area (Å²) in [5.74, 6) is -0.0501. The SMILES string of the molecule is C=C(Cl)CNC(=O)C1(N)C2CCCOC2C1(C)C.Cl. The van der Waals surface area contributed by atoms with Crippen LogP contribution >= 0.6 is 24.0 Å². The third-order valence-corrected chi connectivity index (χ3v) is 4.63. The van der Waals surface area contributed by atoms with Crippen molar-refractivity contribution in [2.45, 2.75) is 38.3 Å². The van der Waals surface area contributed by atoms with Crippen LogP contribution in [0.25, 0.3) is 0 Å². The third-order valence-electron chi connectivity index (χ3n) is 4.50. The Morgan fingerprint density at radius 2 is 2.21 bits per heavy atom. The zero-order chi connectivity index (χ0) is 13.6. The Morgan fingerprint density at radius 3 is 2.79 bits per heavy atom. The number of hydrogen-bond acceptors (Lipinski definition) is 3. The van der Waals surface area contributed by atoms with E-state index < -0.39 is 5.54 Å². The van der Waals surface area contributed by atoms with Crippen LogP contribution in [0.5, 0.6) is 0 Å². The molecule has 110 valence electrons. The van der Waals surface area contributed by atoms with Gasteiger partial charge in [0.2, 0.25) is 5.91 Å². The lowest BCUT2D eigenvalue weighted by atomic mass is 9.46. The fraction of sp³-hybridized carbons (Fsp3) is 0.769. The average Bonchev–Trinajstić information content (AvgIpc) is 2.34. The number of rotatable bonds is 3. The van der Waals surface area contributed by atoms with Gasteiger partial charge in [0.25, 0.3) is 0 Å². The van der Waals surface area contributed by atoms with E-state index in [1.165, 1.54) is 0 Å². The van der Waals surface area contributed by atoms with E-state index in [9.17, 15) is 4.79 Å². The highest BCUT2D eigenvalue weighted by Crippen LogP contribution is 2.57. The second-order valence-corrected chi connectivity index (χ2v) is 6.37. The highest BCUT2D eigenvalue weighted by Gasteiger charge is 2.70. The monoisotopic (exact) mass is 308 g/mol. The molecule has 2 rings (SSSR count). The van der Waals surface area contributed by atoms with Gasteiger partial charge in [-0.2, -0.15) is 0 Å². The van der Waals surface area contributed by atoms with Crippen LogP contribution in [0.4, 0.5) is 0 Å². The van der Waals surface area contributed by atoms with E-state index in [2.05, 4.69) is 11.9 Å². The first kappa shape index (κ1) is 16.8. The van der Waals surface area contributed by atoms with Gasteiger partial charge in [0.1, 0.15) is 5.54 Å². The minimum Gasteiger partial charge on any atom is -0.377 e. The molecule has 0 aromatic carbocycles. The van der Waals surface area contributed by atoms with Crippen molar-refractivity contribution in [3.05, 3.63) is 11.6 Å². The molecule has 0 spiro atoms. The van der Waals surface area contributed by atoms with Crippen molar-refractivity contribution < 1.29 is 9.53 Å². The fourth-order valence-electron chi connectivity index (χ4n) is 3.36. The summed E-state index contributed by atoms with van der Waals surface area (Å²) in [5, 5.41) is 3.17. The molecule has 0 bridgehead atoms. The molecule has 2 fully saturated rings. The number of ether oxygens (including phenoxy) is 1. The van der Waals surface area contributed by atoms with Gasteiger partial charge in [0, 0.05) is 23.0 Å². The number of hydrogen-bond donors (Lipinski definition) is 2. The summed E-state index contributed by atoms with van der Waals surface area (Å²) >= 11 is 5.67. The Morgan fingerprint density at radius 1 is 1.58 bits per heavy atom. The Kier molecular flexibility index (Phi) is 4.94. The molecule has 19 heavy (non-hydrogen) atoms. The van der Waals surface area contributed by atoms with E-state index in [1.54, 1.807) is 0 Å². The maximum atomic E-state index is 12.3. The topological polar surface area (TPSA) is 64.4 Å². The fourth-order valence-corrected chi connectivity index (χ4v) is 3.43. The first-order valence-corrected chi connectivity index (χ1v) is 6.71. The van der Waals surface area contributed by atoms with Crippen LogP contribution in [-0.2, 0) is 9.53 Å². The number of amides is 1. The predicted molar refractivity (Wildman–Crippen MR) is 78.4 cm³/mol. The molecule has 1 saturated carbocycles. The van der Waals surface area contributed by atoms with Gasteiger partial charge in [0.15, 0.2) is 0 Å². The van der Waals surface area contributed by atoms with Crippen LogP contribution in [0.3, 0.4) is 0 Å².